The number of imidazole rings is 1. The lowest BCUT2D eigenvalue weighted by atomic mass is 10.3. The minimum Gasteiger partial charge on any atom is -0.342 e. The highest BCUT2D eigenvalue weighted by Crippen LogP contribution is 2.22. The summed E-state index contributed by atoms with van der Waals surface area (Å²) in [5.41, 5.74) is 2.31. The van der Waals surface area contributed by atoms with Gasteiger partial charge in [-0.15, -0.1) is 0 Å². The molecule has 2 heterocycles. The number of carbonyl (C=O) groups is 1. The van der Waals surface area contributed by atoms with Crippen LogP contribution in [0, 0.1) is 13.8 Å². The number of unbranched alkanes of at least 4 members (excludes halogenated alkanes) is 1. The molecular weight excluding hydrogens is 270 g/mol. The summed E-state index contributed by atoms with van der Waals surface area (Å²) < 4.78 is 2.26. The number of likely N-dealkylation sites (tertiary alicyclic amines) is 1. The highest BCUT2D eigenvalue weighted by atomic mass is 32.2. The zero-order valence-corrected chi connectivity index (χ0v) is 13.6. The van der Waals surface area contributed by atoms with Gasteiger partial charge in [-0.3, -0.25) is 4.79 Å². The Hall–Kier alpha value is -0.970. The molecule has 0 bridgehead atoms. The quantitative estimate of drug-likeness (QED) is 0.757. The summed E-state index contributed by atoms with van der Waals surface area (Å²) in [7, 11) is 0. The van der Waals surface area contributed by atoms with Crippen LogP contribution in [-0.2, 0) is 11.3 Å². The summed E-state index contributed by atoms with van der Waals surface area (Å²) in [5, 5.41) is 1.00. The Bertz CT molecular complexity index is 464. The summed E-state index contributed by atoms with van der Waals surface area (Å²) in [5.74, 6) is 0.773. The van der Waals surface area contributed by atoms with Gasteiger partial charge in [0, 0.05) is 25.3 Å². The summed E-state index contributed by atoms with van der Waals surface area (Å²) in [4.78, 5) is 18.7. The lowest BCUT2D eigenvalue weighted by molar-refractivity contribution is -0.127. The Labute approximate surface area is 125 Å². The molecule has 0 atom stereocenters. The molecule has 0 saturated carbocycles. The maximum atomic E-state index is 12.1. The number of carbonyl (C=O) groups excluding carboxylic acids is 1. The van der Waals surface area contributed by atoms with Crippen molar-refractivity contribution in [3.8, 4) is 0 Å². The number of thioether (sulfide) groups is 1. The van der Waals surface area contributed by atoms with Crippen LogP contribution in [0.2, 0.25) is 0 Å². The van der Waals surface area contributed by atoms with E-state index in [1.807, 2.05) is 11.8 Å². The molecule has 1 aromatic rings. The van der Waals surface area contributed by atoms with Crippen molar-refractivity contribution in [3.63, 3.8) is 0 Å². The Morgan fingerprint density at radius 3 is 2.65 bits per heavy atom. The van der Waals surface area contributed by atoms with E-state index >= 15 is 0 Å². The Morgan fingerprint density at radius 2 is 2.00 bits per heavy atom. The van der Waals surface area contributed by atoms with Crippen LogP contribution in [0.25, 0.3) is 0 Å². The molecule has 0 radical (unpaired) electrons. The fraction of sp³-hybridized carbons (Fsp3) is 0.733. The monoisotopic (exact) mass is 295 g/mol. The molecule has 1 amide bonds. The van der Waals surface area contributed by atoms with Gasteiger partial charge in [0.15, 0.2) is 5.16 Å². The van der Waals surface area contributed by atoms with E-state index in [9.17, 15) is 4.79 Å². The fourth-order valence-electron chi connectivity index (χ4n) is 2.50. The molecule has 0 aromatic carbocycles. The zero-order chi connectivity index (χ0) is 14.5. The van der Waals surface area contributed by atoms with Gasteiger partial charge in [0.05, 0.1) is 11.4 Å². The molecule has 20 heavy (non-hydrogen) atoms. The molecular formula is C15H25N3OS. The van der Waals surface area contributed by atoms with Crippen molar-refractivity contribution < 1.29 is 4.79 Å². The van der Waals surface area contributed by atoms with Gasteiger partial charge in [0.1, 0.15) is 0 Å². The minimum absolute atomic E-state index is 0.257. The van der Waals surface area contributed by atoms with Gasteiger partial charge in [-0.2, -0.15) is 0 Å². The van der Waals surface area contributed by atoms with Gasteiger partial charge in [-0.05, 0) is 33.1 Å². The summed E-state index contributed by atoms with van der Waals surface area (Å²) in [6, 6.07) is 0. The number of amides is 1. The lowest BCUT2D eigenvalue weighted by Crippen LogP contribution is -2.29. The van der Waals surface area contributed by atoms with Crippen molar-refractivity contribution in [2.75, 3.05) is 18.8 Å². The van der Waals surface area contributed by atoms with E-state index in [-0.39, 0.29) is 5.91 Å². The van der Waals surface area contributed by atoms with Crippen LogP contribution in [0.4, 0.5) is 0 Å². The van der Waals surface area contributed by atoms with Crippen molar-refractivity contribution in [2.24, 2.45) is 0 Å². The highest BCUT2D eigenvalue weighted by molar-refractivity contribution is 7.99. The van der Waals surface area contributed by atoms with E-state index in [1.165, 1.54) is 12.1 Å². The fourth-order valence-corrected chi connectivity index (χ4v) is 3.52. The average molecular weight is 295 g/mol. The lowest BCUT2D eigenvalue weighted by Gasteiger charge is -2.15. The van der Waals surface area contributed by atoms with Gasteiger partial charge < -0.3 is 9.47 Å². The van der Waals surface area contributed by atoms with E-state index in [2.05, 4.69) is 23.4 Å². The molecule has 112 valence electrons. The third-order valence-electron chi connectivity index (χ3n) is 3.94. The molecule has 1 saturated heterocycles. The first-order chi connectivity index (χ1) is 9.63. The Kier molecular flexibility index (Phi) is 5.52. The second-order valence-corrected chi connectivity index (χ2v) is 6.39. The van der Waals surface area contributed by atoms with E-state index in [4.69, 9.17) is 0 Å². The first-order valence-electron chi connectivity index (χ1n) is 7.57. The second kappa shape index (κ2) is 7.16. The number of hydrogen-bond acceptors (Lipinski definition) is 3. The maximum absolute atomic E-state index is 12.1. The smallest absolute Gasteiger partial charge is 0.233 e. The van der Waals surface area contributed by atoms with Crippen LogP contribution in [-0.4, -0.2) is 39.2 Å². The van der Waals surface area contributed by atoms with Crippen LogP contribution in [0.5, 0.6) is 0 Å². The molecule has 1 aliphatic rings. The van der Waals surface area contributed by atoms with E-state index < -0.39 is 0 Å². The molecule has 1 fully saturated rings. The van der Waals surface area contributed by atoms with Gasteiger partial charge in [-0.25, -0.2) is 4.98 Å². The largest absolute Gasteiger partial charge is 0.342 e. The normalized spacial score (nSPS) is 15.1. The standard InChI is InChI=1S/C15H25N3OS/c1-4-5-10-18-13(3)12(2)16-15(18)20-11-14(19)17-8-6-7-9-17/h4-11H2,1-3H3. The summed E-state index contributed by atoms with van der Waals surface area (Å²) in [6.45, 7) is 9.23. The number of aryl methyl sites for hydroxylation is 1. The third-order valence-corrected chi connectivity index (χ3v) is 4.90. The van der Waals surface area contributed by atoms with Crippen molar-refractivity contribution >= 4 is 17.7 Å². The molecule has 2 rings (SSSR count). The third kappa shape index (κ3) is 3.57. The van der Waals surface area contributed by atoms with Gasteiger partial charge in [0.25, 0.3) is 0 Å². The SMILES string of the molecule is CCCCn1c(SCC(=O)N2CCCC2)nc(C)c1C. The second-order valence-electron chi connectivity index (χ2n) is 5.45. The van der Waals surface area contributed by atoms with Gasteiger partial charge >= 0.3 is 0 Å². The van der Waals surface area contributed by atoms with Crippen molar-refractivity contribution in [1.82, 2.24) is 14.5 Å². The molecule has 1 aliphatic heterocycles. The van der Waals surface area contributed by atoms with Crippen LogP contribution in [0.15, 0.2) is 5.16 Å². The minimum atomic E-state index is 0.257. The molecule has 0 unspecified atom stereocenters. The predicted molar refractivity (Wildman–Crippen MR) is 83.1 cm³/mol. The maximum Gasteiger partial charge on any atom is 0.233 e. The predicted octanol–water partition coefficient (Wildman–Crippen LogP) is 3.01. The number of hydrogen-bond donors (Lipinski definition) is 0. The molecule has 0 aliphatic carbocycles. The zero-order valence-electron chi connectivity index (χ0n) is 12.8. The first-order valence-corrected chi connectivity index (χ1v) is 8.56. The topological polar surface area (TPSA) is 38.1 Å². The van der Waals surface area contributed by atoms with Crippen LogP contribution in [0.1, 0.15) is 44.0 Å². The van der Waals surface area contributed by atoms with Crippen LogP contribution >= 0.6 is 11.8 Å². The van der Waals surface area contributed by atoms with Gasteiger partial charge in [-0.1, -0.05) is 25.1 Å². The molecule has 5 heteroatoms. The molecule has 1 aromatic heterocycles. The number of aromatic nitrogens is 2. The Balaban J connectivity index is 1.97. The number of nitrogens with zero attached hydrogens (tertiary/aromatic N) is 3. The highest BCUT2D eigenvalue weighted by Gasteiger charge is 2.19. The number of rotatable bonds is 6. The molecule has 4 nitrogen and oxygen atoms in total. The van der Waals surface area contributed by atoms with Crippen molar-refractivity contribution in [3.05, 3.63) is 11.4 Å². The van der Waals surface area contributed by atoms with Crippen LogP contribution < -0.4 is 0 Å². The first kappa shape index (κ1) is 15.4. The van der Waals surface area contributed by atoms with E-state index in [1.54, 1.807) is 11.8 Å². The molecule has 0 N–H and O–H groups in total. The van der Waals surface area contributed by atoms with Gasteiger partial charge in [0.2, 0.25) is 5.91 Å². The van der Waals surface area contributed by atoms with Crippen molar-refractivity contribution in [2.45, 2.75) is 58.2 Å². The molecule has 0 spiro atoms. The van der Waals surface area contributed by atoms with Crippen LogP contribution in [0.3, 0.4) is 0 Å². The summed E-state index contributed by atoms with van der Waals surface area (Å²) in [6.07, 6.45) is 4.64. The summed E-state index contributed by atoms with van der Waals surface area (Å²) >= 11 is 1.59. The van der Waals surface area contributed by atoms with E-state index in [0.717, 1.165) is 49.7 Å². The van der Waals surface area contributed by atoms with Crippen molar-refractivity contribution in [1.29, 1.82) is 0 Å². The van der Waals surface area contributed by atoms with E-state index in [0.29, 0.717) is 5.75 Å². The average Bonchev–Trinajstić information content (AvgIpc) is 3.05. The Morgan fingerprint density at radius 1 is 1.30 bits per heavy atom.